The first kappa shape index (κ1) is 20.0. The van der Waals surface area contributed by atoms with Crippen molar-refractivity contribution in [2.24, 2.45) is 0 Å². The van der Waals surface area contributed by atoms with E-state index in [2.05, 4.69) is 24.4 Å². The molecule has 0 amide bonds. The van der Waals surface area contributed by atoms with Crippen LogP contribution in [-0.4, -0.2) is 23.5 Å². The maximum atomic E-state index is 12.8. The Morgan fingerprint density at radius 2 is 1.43 bits per heavy atom. The number of carbonyl (C=O) groups is 1. The predicted molar refractivity (Wildman–Crippen MR) is 113 cm³/mol. The van der Waals surface area contributed by atoms with Crippen molar-refractivity contribution >= 4 is 5.78 Å². The van der Waals surface area contributed by atoms with E-state index in [9.17, 15) is 9.90 Å². The van der Waals surface area contributed by atoms with Gasteiger partial charge in [0.15, 0.2) is 5.78 Å². The fourth-order valence-electron chi connectivity index (χ4n) is 3.38. The largest absolute Gasteiger partial charge is 0.387 e. The lowest BCUT2D eigenvalue weighted by Crippen LogP contribution is -2.32. The van der Waals surface area contributed by atoms with Crippen molar-refractivity contribution < 1.29 is 9.90 Å². The second kappa shape index (κ2) is 9.98. The number of aliphatic hydroxyl groups is 1. The summed E-state index contributed by atoms with van der Waals surface area (Å²) in [7, 11) is 0. The first-order valence-corrected chi connectivity index (χ1v) is 9.75. The number of aliphatic hydroxyl groups excluding tert-OH is 1. The van der Waals surface area contributed by atoms with Gasteiger partial charge in [0, 0.05) is 24.6 Å². The fourth-order valence-corrected chi connectivity index (χ4v) is 3.38. The SMILES string of the molecule is C[C@H](Cc1ccccc1)NC[C@H](O)c1ccccc1C(=O)Cc1ccccc1. The van der Waals surface area contributed by atoms with Crippen LogP contribution < -0.4 is 5.32 Å². The van der Waals surface area contributed by atoms with Gasteiger partial charge in [-0.2, -0.15) is 0 Å². The summed E-state index contributed by atoms with van der Waals surface area (Å²) < 4.78 is 0. The molecule has 0 heterocycles. The minimum absolute atomic E-state index is 0.0261. The molecule has 0 saturated carbocycles. The highest BCUT2D eigenvalue weighted by Gasteiger charge is 2.18. The molecule has 0 fully saturated rings. The Morgan fingerprint density at radius 3 is 2.11 bits per heavy atom. The summed E-state index contributed by atoms with van der Waals surface area (Å²) in [6.07, 6.45) is 0.499. The average Bonchev–Trinajstić information content (AvgIpc) is 2.73. The summed E-state index contributed by atoms with van der Waals surface area (Å²) in [4.78, 5) is 12.8. The summed E-state index contributed by atoms with van der Waals surface area (Å²) >= 11 is 0. The maximum Gasteiger partial charge on any atom is 0.167 e. The lowest BCUT2D eigenvalue weighted by Gasteiger charge is -2.19. The maximum absolute atomic E-state index is 12.8. The number of rotatable bonds is 9. The van der Waals surface area contributed by atoms with Gasteiger partial charge in [0.2, 0.25) is 0 Å². The van der Waals surface area contributed by atoms with Gasteiger partial charge in [-0.3, -0.25) is 4.79 Å². The van der Waals surface area contributed by atoms with Crippen molar-refractivity contribution in [3.05, 3.63) is 107 Å². The standard InChI is InChI=1S/C25H27NO2/c1-19(16-20-10-4-2-5-11-20)26-18-25(28)23-15-9-8-14-22(23)24(27)17-21-12-6-3-7-13-21/h2-15,19,25-26,28H,16-18H2,1H3/t19-,25+/m1/s1. The lowest BCUT2D eigenvalue weighted by atomic mass is 9.95. The van der Waals surface area contributed by atoms with E-state index in [0.717, 1.165) is 12.0 Å². The highest BCUT2D eigenvalue weighted by Crippen LogP contribution is 2.20. The summed E-state index contributed by atoms with van der Waals surface area (Å²) in [5.74, 6) is 0.0261. The van der Waals surface area contributed by atoms with E-state index in [1.54, 1.807) is 6.07 Å². The van der Waals surface area contributed by atoms with Gasteiger partial charge in [-0.1, -0.05) is 84.9 Å². The Morgan fingerprint density at radius 1 is 0.857 bits per heavy atom. The molecule has 0 radical (unpaired) electrons. The van der Waals surface area contributed by atoms with Crippen LogP contribution in [0.4, 0.5) is 0 Å². The summed E-state index contributed by atoms with van der Waals surface area (Å²) in [5.41, 5.74) is 3.51. The molecule has 2 N–H and O–H groups in total. The Balaban J connectivity index is 1.62. The first-order chi connectivity index (χ1) is 13.6. The molecule has 0 bridgehead atoms. The third-order valence-electron chi connectivity index (χ3n) is 4.87. The number of Topliss-reactive ketones (excluding diaryl/α,β-unsaturated/α-hetero) is 1. The van der Waals surface area contributed by atoms with Crippen LogP contribution in [0.25, 0.3) is 0 Å². The average molecular weight is 373 g/mol. The van der Waals surface area contributed by atoms with Gasteiger partial charge in [0.25, 0.3) is 0 Å². The molecule has 0 saturated heterocycles. The molecule has 3 aromatic carbocycles. The molecule has 3 heteroatoms. The number of hydrogen-bond donors (Lipinski definition) is 2. The van der Waals surface area contributed by atoms with Crippen LogP contribution in [0.1, 0.15) is 40.1 Å². The molecule has 28 heavy (non-hydrogen) atoms. The molecule has 0 aliphatic rings. The van der Waals surface area contributed by atoms with E-state index in [-0.39, 0.29) is 11.8 Å². The number of carbonyl (C=O) groups excluding carboxylic acids is 1. The van der Waals surface area contributed by atoms with Crippen LogP contribution in [0.2, 0.25) is 0 Å². The summed E-state index contributed by atoms with van der Waals surface area (Å²) in [6, 6.07) is 27.6. The molecule has 2 atom stereocenters. The van der Waals surface area contributed by atoms with Crippen LogP contribution in [0.3, 0.4) is 0 Å². The summed E-state index contributed by atoms with van der Waals surface area (Å²) in [6.45, 7) is 2.51. The van der Waals surface area contributed by atoms with E-state index in [1.165, 1.54) is 5.56 Å². The zero-order chi connectivity index (χ0) is 19.8. The zero-order valence-corrected chi connectivity index (χ0v) is 16.2. The molecule has 3 nitrogen and oxygen atoms in total. The van der Waals surface area contributed by atoms with Gasteiger partial charge in [0.05, 0.1) is 6.10 Å². The number of hydrogen-bond acceptors (Lipinski definition) is 3. The Hall–Kier alpha value is -2.75. The van der Waals surface area contributed by atoms with Crippen LogP contribution in [0.15, 0.2) is 84.9 Å². The van der Waals surface area contributed by atoms with Crippen molar-refractivity contribution in [3.63, 3.8) is 0 Å². The van der Waals surface area contributed by atoms with Crippen LogP contribution in [-0.2, 0) is 12.8 Å². The minimum atomic E-state index is -0.728. The molecule has 0 aliphatic heterocycles. The number of nitrogens with one attached hydrogen (secondary N) is 1. The van der Waals surface area contributed by atoms with E-state index < -0.39 is 6.10 Å². The third kappa shape index (κ3) is 5.62. The highest BCUT2D eigenvalue weighted by molar-refractivity contribution is 5.99. The fraction of sp³-hybridized carbons (Fsp3) is 0.240. The lowest BCUT2D eigenvalue weighted by molar-refractivity contribution is 0.0984. The second-order valence-corrected chi connectivity index (χ2v) is 7.19. The number of benzene rings is 3. The van der Waals surface area contributed by atoms with Crippen LogP contribution in [0.5, 0.6) is 0 Å². The van der Waals surface area contributed by atoms with Crippen LogP contribution in [0, 0.1) is 0 Å². The monoisotopic (exact) mass is 373 g/mol. The highest BCUT2D eigenvalue weighted by atomic mass is 16.3. The van der Waals surface area contributed by atoms with Crippen molar-refractivity contribution in [1.29, 1.82) is 0 Å². The van der Waals surface area contributed by atoms with Crippen molar-refractivity contribution in [3.8, 4) is 0 Å². The molecule has 0 aromatic heterocycles. The van der Waals surface area contributed by atoms with Gasteiger partial charge < -0.3 is 10.4 Å². The van der Waals surface area contributed by atoms with Crippen molar-refractivity contribution in [1.82, 2.24) is 5.32 Å². The van der Waals surface area contributed by atoms with Gasteiger partial charge >= 0.3 is 0 Å². The summed E-state index contributed by atoms with van der Waals surface area (Å²) in [5, 5.41) is 14.1. The van der Waals surface area contributed by atoms with Crippen molar-refractivity contribution in [2.45, 2.75) is 31.9 Å². The van der Waals surface area contributed by atoms with Gasteiger partial charge in [-0.15, -0.1) is 0 Å². The quantitative estimate of drug-likeness (QED) is 0.548. The molecule has 0 unspecified atom stereocenters. The molecule has 0 spiro atoms. The molecule has 144 valence electrons. The van der Waals surface area contributed by atoms with E-state index in [0.29, 0.717) is 24.1 Å². The molecule has 3 aromatic rings. The van der Waals surface area contributed by atoms with Crippen molar-refractivity contribution in [2.75, 3.05) is 6.54 Å². The van der Waals surface area contributed by atoms with Gasteiger partial charge in [-0.25, -0.2) is 0 Å². The number of ketones is 1. The predicted octanol–water partition coefficient (Wildman–Crippen LogP) is 4.37. The Labute approximate surface area is 167 Å². The molecular weight excluding hydrogens is 346 g/mol. The first-order valence-electron chi connectivity index (χ1n) is 9.75. The molecule has 3 rings (SSSR count). The van der Waals surface area contributed by atoms with E-state index in [4.69, 9.17) is 0 Å². The topological polar surface area (TPSA) is 49.3 Å². The van der Waals surface area contributed by atoms with Gasteiger partial charge in [-0.05, 0) is 30.0 Å². The molecular formula is C25H27NO2. The normalized spacial score (nSPS) is 13.1. The van der Waals surface area contributed by atoms with E-state index in [1.807, 2.05) is 66.7 Å². The Kier molecular flexibility index (Phi) is 7.12. The Bertz CT molecular complexity index is 877. The van der Waals surface area contributed by atoms with Gasteiger partial charge in [0.1, 0.15) is 0 Å². The smallest absolute Gasteiger partial charge is 0.167 e. The van der Waals surface area contributed by atoms with E-state index >= 15 is 0 Å². The van der Waals surface area contributed by atoms with Crippen LogP contribution >= 0.6 is 0 Å². The minimum Gasteiger partial charge on any atom is -0.387 e. The second-order valence-electron chi connectivity index (χ2n) is 7.19. The molecule has 0 aliphatic carbocycles. The zero-order valence-electron chi connectivity index (χ0n) is 16.2. The third-order valence-corrected chi connectivity index (χ3v) is 4.87.